The van der Waals surface area contributed by atoms with Gasteiger partial charge in [0.2, 0.25) is 0 Å². The van der Waals surface area contributed by atoms with Gasteiger partial charge in [0.15, 0.2) is 11.6 Å². The van der Waals surface area contributed by atoms with Crippen LogP contribution in [0.4, 0.5) is 0 Å². The van der Waals surface area contributed by atoms with Crippen LogP contribution in [0.1, 0.15) is 5.56 Å². The molecule has 0 saturated carbocycles. The molecule has 1 heterocycles. The highest BCUT2D eigenvalue weighted by Crippen LogP contribution is 2.24. The standard InChI is InChI=1S/C15H12ClN3/c1-10-9-12(7-8-13(10)16)15-17-14(18-19-15)11-5-3-2-4-6-11/h2-9H,1H3,(H,17,18,19). The van der Waals surface area contributed by atoms with Gasteiger partial charge in [-0.25, -0.2) is 4.98 Å². The third-order valence-corrected chi connectivity index (χ3v) is 3.37. The number of hydrogen-bond donors (Lipinski definition) is 1. The molecule has 3 nitrogen and oxygen atoms in total. The maximum absolute atomic E-state index is 6.02. The molecule has 0 aliphatic rings. The Hall–Kier alpha value is -2.13. The van der Waals surface area contributed by atoms with Gasteiger partial charge in [0.1, 0.15) is 0 Å². The molecule has 0 atom stereocenters. The fourth-order valence-electron chi connectivity index (χ4n) is 1.90. The highest BCUT2D eigenvalue weighted by Gasteiger charge is 2.08. The number of nitrogens with one attached hydrogen (secondary N) is 1. The predicted molar refractivity (Wildman–Crippen MR) is 77.0 cm³/mol. The average Bonchev–Trinajstić information content (AvgIpc) is 2.93. The van der Waals surface area contributed by atoms with Gasteiger partial charge in [-0.1, -0.05) is 41.9 Å². The number of H-pyrrole nitrogens is 1. The largest absolute Gasteiger partial charge is 0.259 e. The first kappa shape index (κ1) is 11.9. The van der Waals surface area contributed by atoms with E-state index in [1.54, 1.807) is 0 Å². The second-order valence-electron chi connectivity index (χ2n) is 4.34. The summed E-state index contributed by atoms with van der Waals surface area (Å²) in [5.41, 5.74) is 3.00. The fraction of sp³-hybridized carbons (Fsp3) is 0.0667. The van der Waals surface area contributed by atoms with Crippen molar-refractivity contribution in [3.8, 4) is 22.8 Å². The molecule has 0 aliphatic heterocycles. The average molecular weight is 270 g/mol. The van der Waals surface area contributed by atoms with Crippen molar-refractivity contribution < 1.29 is 0 Å². The van der Waals surface area contributed by atoms with Crippen molar-refractivity contribution in [1.29, 1.82) is 0 Å². The summed E-state index contributed by atoms with van der Waals surface area (Å²) in [7, 11) is 0. The van der Waals surface area contributed by atoms with Gasteiger partial charge in [0.25, 0.3) is 0 Å². The first-order chi connectivity index (χ1) is 9.24. The van der Waals surface area contributed by atoms with Crippen LogP contribution in [0.5, 0.6) is 0 Å². The Bertz CT molecular complexity index is 704. The third kappa shape index (κ3) is 2.37. The minimum absolute atomic E-state index is 0.679. The summed E-state index contributed by atoms with van der Waals surface area (Å²) in [6.45, 7) is 1.97. The zero-order valence-corrected chi connectivity index (χ0v) is 11.1. The Morgan fingerprint density at radius 3 is 2.53 bits per heavy atom. The number of benzene rings is 2. The summed E-state index contributed by atoms with van der Waals surface area (Å²) in [6, 6.07) is 15.7. The molecule has 0 aliphatic carbocycles. The van der Waals surface area contributed by atoms with Crippen molar-refractivity contribution in [3.05, 3.63) is 59.1 Å². The Kier molecular flexibility index (Phi) is 3.05. The second-order valence-corrected chi connectivity index (χ2v) is 4.74. The number of aromatic nitrogens is 3. The summed E-state index contributed by atoms with van der Waals surface area (Å²) in [6.07, 6.45) is 0. The van der Waals surface area contributed by atoms with Crippen LogP contribution in [-0.2, 0) is 0 Å². The molecule has 0 saturated heterocycles. The number of aryl methyl sites for hydroxylation is 1. The monoisotopic (exact) mass is 269 g/mol. The van der Waals surface area contributed by atoms with Crippen molar-refractivity contribution in [3.63, 3.8) is 0 Å². The van der Waals surface area contributed by atoms with Gasteiger partial charge < -0.3 is 0 Å². The molecule has 3 aromatic rings. The lowest BCUT2D eigenvalue weighted by molar-refractivity contribution is 1.10. The van der Waals surface area contributed by atoms with Crippen LogP contribution in [0.3, 0.4) is 0 Å². The van der Waals surface area contributed by atoms with Gasteiger partial charge in [0.05, 0.1) is 0 Å². The summed E-state index contributed by atoms with van der Waals surface area (Å²) in [5, 5.41) is 7.97. The number of halogens is 1. The Labute approximate surface area is 116 Å². The molecular weight excluding hydrogens is 258 g/mol. The van der Waals surface area contributed by atoms with E-state index in [-0.39, 0.29) is 0 Å². The van der Waals surface area contributed by atoms with E-state index in [2.05, 4.69) is 15.2 Å². The van der Waals surface area contributed by atoms with Gasteiger partial charge in [-0.05, 0) is 30.7 Å². The highest BCUT2D eigenvalue weighted by atomic mass is 35.5. The first-order valence-electron chi connectivity index (χ1n) is 5.98. The van der Waals surface area contributed by atoms with Gasteiger partial charge >= 0.3 is 0 Å². The number of rotatable bonds is 2. The van der Waals surface area contributed by atoms with Crippen LogP contribution >= 0.6 is 11.6 Å². The minimum Gasteiger partial charge on any atom is -0.259 e. The topological polar surface area (TPSA) is 41.6 Å². The van der Waals surface area contributed by atoms with E-state index in [0.717, 1.165) is 27.5 Å². The molecule has 0 bridgehead atoms. The first-order valence-corrected chi connectivity index (χ1v) is 6.36. The lowest BCUT2D eigenvalue weighted by Crippen LogP contribution is -1.83. The van der Waals surface area contributed by atoms with Crippen LogP contribution < -0.4 is 0 Å². The van der Waals surface area contributed by atoms with Crippen molar-refractivity contribution in [1.82, 2.24) is 15.2 Å². The lowest BCUT2D eigenvalue weighted by Gasteiger charge is -1.99. The Morgan fingerprint density at radius 2 is 1.79 bits per heavy atom. The van der Waals surface area contributed by atoms with Gasteiger partial charge in [-0.15, -0.1) is 0 Å². The Balaban J connectivity index is 1.99. The van der Waals surface area contributed by atoms with E-state index in [1.807, 2.05) is 55.5 Å². The van der Waals surface area contributed by atoms with Crippen LogP contribution in [0.25, 0.3) is 22.8 Å². The van der Waals surface area contributed by atoms with Crippen LogP contribution in [0.15, 0.2) is 48.5 Å². The molecule has 1 N–H and O–H groups in total. The number of hydrogen-bond acceptors (Lipinski definition) is 2. The van der Waals surface area contributed by atoms with Crippen LogP contribution in [0, 0.1) is 6.92 Å². The van der Waals surface area contributed by atoms with Gasteiger partial charge in [0, 0.05) is 16.1 Å². The maximum Gasteiger partial charge on any atom is 0.181 e. The van der Waals surface area contributed by atoms with Crippen molar-refractivity contribution in [2.24, 2.45) is 0 Å². The minimum atomic E-state index is 0.679. The molecule has 1 aromatic heterocycles. The van der Waals surface area contributed by atoms with E-state index in [1.165, 1.54) is 0 Å². The van der Waals surface area contributed by atoms with Crippen molar-refractivity contribution >= 4 is 11.6 Å². The summed E-state index contributed by atoms with van der Waals surface area (Å²) in [5.74, 6) is 1.45. The maximum atomic E-state index is 6.02. The van der Waals surface area contributed by atoms with E-state index in [0.29, 0.717) is 5.82 Å². The lowest BCUT2D eigenvalue weighted by atomic mass is 10.1. The van der Waals surface area contributed by atoms with Crippen molar-refractivity contribution in [2.75, 3.05) is 0 Å². The second kappa shape index (κ2) is 4.86. The zero-order valence-electron chi connectivity index (χ0n) is 10.4. The third-order valence-electron chi connectivity index (χ3n) is 2.95. The van der Waals surface area contributed by atoms with Crippen molar-refractivity contribution in [2.45, 2.75) is 6.92 Å². The quantitative estimate of drug-likeness (QED) is 0.761. The molecular formula is C15H12ClN3. The number of nitrogens with zero attached hydrogens (tertiary/aromatic N) is 2. The summed E-state index contributed by atoms with van der Waals surface area (Å²) in [4.78, 5) is 4.51. The molecule has 19 heavy (non-hydrogen) atoms. The van der Waals surface area contributed by atoms with E-state index in [4.69, 9.17) is 11.6 Å². The Morgan fingerprint density at radius 1 is 1.00 bits per heavy atom. The molecule has 0 fully saturated rings. The predicted octanol–water partition coefficient (Wildman–Crippen LogP) is 4.10. The zero-order chi connectivity index (χ0) is 13.2. The van der Waals surface area contributed by atoms with E-state index in [9.17, 15) is 0 Å². The fourth-order valence-corrected chi connectivity index (χ4v) is 2.02. The SMILES string of the molecule is Cc1cc(-c2n[nH]c(-c3ccccc3)n2)ccc1Cl. The molecule has 3 rings (SSSR count). The van der Waals surface area contributed by atoms with E-state index >= 15 is 0 Å². The molecule has 94 valence electrons. The number of aromatic amines is 1. The van der Waals surface area contributed by atoms with Gasteiger partial charge in [-0.3, -0.25) is 5.10 Å². The van der Waals surface area contributed by atoms with Crippen LogP contribution in [0.2, 0.25) is 5.02 Å². The normalized spacial score (nSPS) is 10.6. The van der Waals surface area contributed by atoms with Crippen LogP contribution in [-0.4, -0.2) is 15.2 Å². The molecule has 0 spiro atoms. The summed E-state index contributed by atoms with van der Waals surface area (Å²) >= 11 is 6.02. The highest BCUT2D eigenvalue weighted by molar-refractivity contribution is 6.31. The molecule has 0 unspecified atom stereocenters. The summed E-state index contributed by atoms with van der Waals surface area (Å²) < 4.78 is 0. The van der Waals surface area contributed by atoms with E-state index < -0.39 is 0 Å². The molecule has 4 heteroatoms. The molecule has 0 radical (unpaired) electrons. The van der Waals surface area contributed by atoms with Gasteiger partial charge in [-0.2, -0.15) is 5.10 Å². The molecule has 0 amide bonds. The molecule has 2 aromatic carbocycles. The smallest absolute Gasteiger partial charge is 0.181 e.